The summed E-state index contributed by atoms with van der Waals surface area (Å²) in [5.74, 6) is -1.03. The van der Waals surface area contributed by atoms with Crippen molar-refractivity contribution in [2.75, 3.05) is 13.7 Å². The molecule has 23 heavy (non-hydrogen) atoms. The predicted molar refractivity (Wildman–Crippen MR) is 83.9 cm³/mol. The first-order valence-corrected chi connectivity index (χ1v) is 7.13. The molecule has 7 nitrogen and oxygen atoms in total. The minimum absolute atomic E-state index is 0.111. The Morgan fingerprint density at radius 2 is 1.74 bits per heavy atom. The molecular formula is C16H22N2O5. The normalized spacial score (nSPS) is 12.0. The van der Waals surface area contributed by atoms with Crippen molar-refractivity contribution in [2.24, 2.45) is 0 Å². The summed E-state index contributed by atoms with van der Waals surface area (Å²) >= 11 is 0. The first-order chi connectivity index (χ1) is 10.7. The summed E-state index contributed by atoms with van der Waals surface area (Å²) in [6, 6.07) is 7.49. The van der Waals surface area contributed by atoms with E-state index in [9.17, 15) is 14.4 Å². The predicted octanol–water partition coefficient (Wildman–Crippen LogP) is 1.48. The maximum absolute atomic E-state index is 12.0. The third-order valence-electron chi connectivity index (χ3n) is 2.68. The number of methoxy groups -OCH3 is 1. The van der Waals surface area contributed by atoms with Gasteiger partial charge in [-0.2, -0.15) is 0 Å². The van der Waals surface area contributed by atoms with Crippen LogP contribution in [0.2, 0.25) is 0 Å². The molecule has 1 rings (SSSR count). The van der Waals surface area contributed by atoms with E-state index in [2.05, 4.69) is 15.4 Å². The number of carbonyl (C=O) groups excluding carboxylic acids is 3. The molecule has 126 valence electrons. The number of ether oxygens (including phenoxy) is 2. The van der Waals surface area contributed by atoms with E-state index in [4.69, 9.17) is 4.74 Å². The lowest BCUT2D eigenvalue weighted by Gasteiger charge is -2.22. The largest absolute Gasteiger partial charge is 0.467 e. The zero-order valence-corrected chi connectivity index (χ0v) is 13.7. The van der Waals surface area contributed by atoms with Crippen LogP contribution in [0.25, 0.3) is 0 Å². The molecule has 0 unspecified atom stereocenters. The van der Waals surface area contributed by atoms with Gasteiger partial charge in [0.05, 0.1) is 7.11 Å². The lowest BCUT2D eigenvalue weighted by Crippen LogP contribution is -2.50. The van der Waals surface area contributed by atoms with Crippen LogP contribution in [0.1, 0.15) is 31.1 Å². The number of benzene rings is 1. The van der Waals surface area contributed by atoms with Crippen LogP contribution in [0.15, 0.2) is 30.3 Å². The van der Waals surface area contributed by atoms with Gasteiger partial charge in [0.25, 0.3) is 5.91 Å². The van der Waals surface area contributed by atoms with Crippen molar-refractivity contribution < 1.29 is 23.9 Å². The third-order valence-corrected chi connectivity index (χ3v) is 2.68. The number of amides is 2. The molecule has 0 heterocycles. The number of alkyl carbamates (subject to hydrolysis) is 1. The standard InChI is InChI=1S/C16H22N2O5/c1-16(2,3)23-15(21)18-12(14(20)22-4)10-17-13(19)11-8-6-5-7-9-11/h5-9,12H,10H2,1-4H3,(H,17,19)(H,18,21)/t12-/m0/s1. The molecule has 1 aromatic rings. The van der Waals surface area contributed by atoms with Crippen molar-refractivity contribution in [1.82, 2.24) is 10.6 Å². The van der Waals surface area contributed by atoms with Gasteiger partial charge in [0.2, 0.25) is 0 Å². The number of carbonyl (C=O) groups is 3. The quantitative estimate of drug-likeness (QED) is 0.801. The number of rotatable bonds is 5. The summed E-state index contributed by atoms with van der Waals surface area (Å²) in [6.45, 7) is 5.00. The second kappa shape index (κ2) is 8.17. The molecule has 0 bridgehead atoms. The average Bonchev–Trinajstić information content (AvgIpc) is 2.49. The van der Waals surface area contributed by atoms with Gasteiger partial charge in [-0.25, -0.2) is 9.59 Å². The molecule has 0 aromatic heterocycles. The molecule has 0 fully saturated rings. The highest BCUT2D eigenvalue weighted by Crippen LogP contribution is 2.07. The van der Waals surface area contributed by atoms with E-state index in [1.54, 1.807) is 51.1 Å². The first-order valence-electron chi connectivity index (χ1n) is 7.13. The fourth-order valence-corrected chi connectivity index (χ4v) is 1.67. The summed E-state index contributed by atoms with van der Waals surface area (Å²) in [7, 11) is 1.20. The van der Waals surface area contributed by atoms with Gasteiger partial charge in [0.1, 0.15) is 11.6 Å². The SMILES string of the molecule is COC(=O)[C@H](CNC(=O)c1ccccc1)NC(=O)OC(C)(C)C. The average molecular weight is 322 g/mol. The Hall–Kier alpha value is -2.57. The van der Waals surface area contributed by atoms with Gasteiger partial charge in [-0.3, -0.25) is 4.79 Å². The topological polar surface area (TPSA) is 93.7 Å². The summed E-state index contributed by atoms with van der Waals surface area (Å²) in [6.07, 6.45) is -0.762. The Morgan fingerprint density at radius 3 is 2.26 bits per heavy atom. The Balaban J connectivity index is 2.63. The highest BCUT2D eigenvalue weighted by molar-refractivity contribution is 5.94. The summed E-state index contributed by atoms with van der Waals surface area (Å²) in [4.78, 5) is 35.4. The summed E-state index contributed by atoms with van der Waals surface area (Å²) in [5, 5.41) is 4.95. The van der Waals surface area contributed by atoms with Crippen LogP contribution in [-0.2, 0) is 14.3 Å². The van der Waals surface area contributed by atoms with Gasteiger partial charge in [-0.1, -0.05) is 18.2 Å². The van der Waals surface area contributed by atoms with Gasteiger partial charge < -0.3 is 20.1 Å². The Labute approximate surface area is 135 Å². The highest BCUT2D eigenvalue weighted by Gasteiger charge is 2.25. The first kappa shape index (κ1) is 18.5. The van der Waals surface area contributed by atoms with Gasteiger partial charge in [-0.05, 0) is 32.9 Å². The van der Waals surface area contributed by atoms with E-state index in [0.717, 1.165) is 0 Å². The number of esters is 1. The minimum Gasteiger partial charge on any atom is -0.467 e. The molecule has 0 aliphatic heterocycles. The van der Waals surface area contributed by atoms with Crippen molar-refractivity contribution in [2.45, 2.75) is 32.4 Å². The fourth-order valence-electron chi connectivity index (χ4n) is 1.67. The molecule has 0 saturated carbocycles. The van der Waals surface area contributed by atoms with Crippen molar-refractivity contribution in [3.63, 3.8) is 0 Å². The van der Waals surface area contributed by atoms with E-state index < -0.39 is 23.7 Å². The molecular weight excluding hydrogens is 300 g/mol. The number of nitrogens with one attached hydrogen (secondary N) is 2. The molecule has 7 heteroatoms. The maximum Gasteiger partial charge on any atom is 0.408 e. The van der Waals surface area contributed by atoms with E-state index in [0.29, 0.717) is 5.56 Å². The van der Waals surface area contributed by atoms with E-state index in [1.165, 1.54) is 7.11 Å². The maximum atomic E-state index is 12.0. The van der Waals surface area contributed by atoms with Crippen LogP contribution >= 0.6 is 0 Å². The van der Waals surface area contributed by atoms with Crippen LogP contribution in [0, 0.1) is 0 Å². The van der Waals surface area contributed by atoms with Gasteiger partial charge in [0.15, 0.2) is 0 Å². The molecule has 2 N–H and O–H groups in total. The smallest absolute Gasteiger partial charge is 0.408 e. The van der Waals surface area contributed by atoms with E-state index in [1.807, 2.05) is 0 Å². The van der Waals surface area contributed by atoms with Gasteiger partial charge >= 0.3 is 12.1 Å². The van der Waals surface area contributed by atoms with Crippen LogP contribution in [0.3, 0.4) is 0 Å². The highest BCUT2D eigenvalue weighted by atomic mass is 16.6. The Kier molecular flexibility index (Phi) is 6.56. The van der Waals surface area contributed by atoms with Gasteiger partial charge in [0, 0.05) is 12.1 Å². The van der Waals surface area contributed by atoms with Crippen LogP contribution < -0.4 is 10.6 Å². The monoisotopic (exact) mass is 322 g/mol. The molecule has 0 aliphatic rings. The van der Waals surface area contributed by atoms with Crippen molar-refractivity contribution >= 4 is 18.0 Å². The lowest BCUT2D eigenvalue weighted by molar-refractivity contribution is -0.142. The molecule has 0 radical (unpaired) electrons. The van der Waals surface area contributed by atoms with Crippen molar-refractivity contribution in [1.29, 1.82) is 0 Å². The van der Waals surface area contributed by atoms with Crippen molar-refractivity contribution in [3.8, 4) is 0 Å². The Bertz CT molecular complexity index is 551. The molecule has 0 spiro atoms. The summed E-state index contributed by atoms with van der Waals surface area (Å²) in [5.41, 5.74) is -0.244. The van der Waals surface area contributed by atoms with E-state index in [-0.39, 0.29) is 12.5 Å². The summed E-state index contributed by atoms with van der Waals surface area (Å²) < 4.78 is 9.70. The van der Waals surface area contributed by atoms with Crippen molar-refractivity contribution in [3.05, 3.63) is 35.9 Å². The van der Waals surface area contributed by atoms with Gasteiger partial charge in [-0.15, -0.1) is 0 Å². The van der Waals surface area contributed by atoms with Crippen LogP contribution in [0.5, 0.6) is 0 Å². The van der Waals surface area contributed by atoms with Crippen LogP contribution in [-0.4, -0.2) is 43.3 Å². The number of hydrogen-bond donors (Lipinski definition) is 2. The molecule has 0 aliphatic carbocycles. The Morgan fingerprint density at radius 1 is 1.13 bits per heavy atom. The second-order valence-corrected chi connectivity index (χ2v) is 5.80. The molecule has 2 amide bonds. The molecule has 1 atom stereocenters. The number of hydrogen-bond acceptors (Lipinski definition) is 5. The molecule has 1 aromatic carbocycles. The molecule has 0 saturated heterocycles. The zero-order valence-electron chi connectivity index (χ0n) is 13.7. The fraction of sp³-hybridized carbons (Fsp3) is 0.438. The third kappa shape index (κ3) is 6.82. The lowest BCUT2D eigenvalue weighted by atomic mass is 10.2. The van der Waals surface area contributed by atoms with Crippen LogP contribution in [0.4, 0.5) is 4.79 Å². The minimum atomic E-state index is -1.04. The van der Waals surface area contributed by atoms with E-state index >= 15 is 0 Å². The zero-order chi connectivity index (χ0) is 17.5. The second-order valence-electron chi connectivity index (χ2n) is 5.80.